The predicted molar refractivity (Wildman–Crippen MR) is 246 cm³/mol. The number of ether oxygens (including phenoxy) is 1. The monoisotopic (exact) mass is 849 g/mol. The number of amides is 3. The molecule has 0 spiro atoms. The Morgan fingerprint density at radius 1 is 0.836 bits per heavy atom. The van der Waals surface area contributed by atoms with Crippen LogP contribution >= 0.6 is 11.3 Å². The number of thiophene rings is 1. The molecule has 0 aliphatic heterocycles. The number of allylic oxidation sites excluding steroid dienone is 1. The average molecular weight is 850 g/mol. The predicted octanol–water partition coefficient (Wildman–Crippen LogP) is 9.68. The second-order valence-electron chi connectivity index (χ2n) is 15.7. The summed E-state index contributed by atoms with van der Waals surface area (Å²) < 4.78 is 4.94. The quantitative estimate of drug-likeness (QED) is 0.0362. The lowest BCUT2D eigenvalue weighted by molar-refractivity contribution is -0.145. The van der Waals surface area contributed by atoms with Gasteiger partial charge in [0.1, 0.15) is 11.3 Å². The fourth-order valence-corrected chi connectivity index (χ4v) is 8.56. The fourth-order valence-electron chi connectivity index (χ4n) is 7.38. The Kier molecular flexibility index (Phi) is 19.6. The van der Waals surface area contributed by atoms with Crippen molar-refractivity contribution in [3.8, 4) is 0 Å². The van der Waals surface area contributed by atoms with Crippen molar-refractivity contribution in [2.45, 2.75) is 98.8 Å². The molecule has 4 rings (SSSR count). The number of esters is 1. The zero-order valence-electron chi connectivity index (χ0n) is 36.7. The van der Waals surface area contributed by atoms with Gasteiger partial charge in [-0.15, -0.1) is 11.3 Å². The van der Waals surface area contributed by atoms with E-state index >= 15 is 0 Å². The number of aliphatic hydroxyl groups is 1. The molecule has 1 atom stereocenters. The van der Waals surface area contributed by atoms with Crippen molar-refractivity contribution in [3.05, 3.63) is 128 Å². The maximum Gasteiger partial charge on any atom is 0.306 e. The van der Waals surface area contributed by atoms with E-state index in [0.717, 1.165) is 64.7 Å². The van der Waals surface area contributed by atoms with Crippen LogP contribution < -0.4 is 10.6 Å². The Balaban J connectivity index is 1.45. The van der Waals surface area contributed by atoms with Gasteiger partial charge in [-0.05, 0) is 104 Å². The summed E-state index contributed by atoms with van der Waals surface area (Å²) in [5, 5.41) is 17.0. The van der Waals surface area contributed by atoms with Crippen molar-refractivity contribution in [2.24, 2.45) is 11.8 Å². The van der Waals surface area contributed by atoms with Gasteiger partial charge in [0, 0.05) is 54.2 Å². The summed E-state index contributed by atoms with van der Waals surface area (Å²) in [5.41, 5.74) is 7.56. The van der Waals surface area contributed by atoms with Crippen LogP contribution in [0.5, 0.6) is 0 Å². The number of rotatable bonds is 24. The molecule has 0 unspecified atom stereocenters. The fraction of sp³-hybridized carbons (Fsp3) is 0.420. The summed E-state index contributed by atoms with van der Waals surface area (Å²) >= 11 is 1.45. The Morgan fingerprint density at radius 2 is 1.52 bits per heavy atom. The third-order valence-corrected chi connectivity index (χ3v) is 12.2. The minimum atomic E-state index is -0.378. The molecule has 3 aromatic carbocycles. The van der Waals surface area contributed by atoms with Crippen LogP contribution in [0.15, 0.2) is 84.4 Å². The van der Waals surface area contributed by atoms with E-state index in [1.807, 2.05) is 66.7 Å². The van der Waals surface area contributed by atoms with Crippen LogP contribution in [0, 0.1) is 11.8 Å². The SMILES string of the molecule is CCCc1c(CC)sc(NC(=O)c2cccc(C/C=C(/CCCN(C)C(=O)CCC(=O)OCC)[C@H](CO)C(C)C)c2)c1C(=O)Nc1ccc(CCc2ccc(C=O)cc2)cc1. The number of carbonyl (C=O) groups is 5. The zero-order valence-corrected chi connectivity index (χ0v) is 37.5. The third kappa shape index (κ3) is 14.6. The van der Waals surface area contributed by atoms with Gasteiger partial charge in [0.25, 0.3) is 11.8 Å². The lowest BCUT2D eigenvalue weighted by atomic mass is 9.85. The number of anilines is 2. The molecule has 0 saturated heterocycles. The van der Waals surface area contributed by atoms with Crippen molar-refractivity contribution in [2.75, 3.05) is 37.4 Å². The van der Waals surface area contributed by atoms with Gasteiger partial charge in [0.05, 0.1) is 18.6 Å². The molecule has 0 aliphatic carbocycles. The number of hydrogen-bond acceptors (Lipinski definition) is 8. The summed E-state index contributed by atoms with van der Waals surface area (Å²) in [7, 11) is 1.74. The standard InChI is InChI=1S/C50H63N3O7S/c1-7-12-42-44(8-2)61-50(47(42)49(59)51-41-26-23-36(24-27-41)17-16-35-18-20-38(32-54)21-19-35)52-48(58)40-14-10-13-37(31-40)22-25-39(43(33-55)34(4)5)15-11-30-53(6)45(56)28-29-46(57)60-9-3/h10,13-14,18-21,23-27,31-32,34,43,55H,7-9,11-12,15-17,22,28-30,33H2,1-6H3,(H,51,59)(H,52,58)/b39-25-/t43-/m1/s1. The molecule has 1 heterocycles. The first kappa shape index (κ1) is 48.3. The van der Waals surface area contributed by atoms with Crippen LogP contribution in [0.25, 0.3) is 0 Å². The van der Waals surface area contributed by atoms with E-state index in [1.165, 1.54) is 11.3 Å². The number of benzene rings is 3. The van der Waals surface area contributed by atoms with Gasteiger partial charge in [-0.2, -0.15) is 0 Å². The van der Waals surface area contributed by atoms with Crippen LogP contribution in [0.3, 0.4) is 0 Å². The first-order valence-corrected chi connectivity index (χ1v) is 22.4. The largest absolute Gasteiger partial charge is 0.466 e. The van der Waals surface area contributed by atoms with Gasteiger partial charge in [0.2, 0.25) is 5.91 Å². The first-order valence-electron chi connectivity index (χ1n) is 21.6. The van der Waals surface area contributed by atoms with Gasteiger partial charge in [0.15, 0.2) is 0 Å². The molecule has 0 aliphatic rings. The van der Waals surface area contributed by atoms with Gasteiger partial charge in [-0.25, -0.2) is 0 Å². The van der Waals surface area contributed by atoms with Crippen molar-refractivity contribution in [1.82, 2.24) is 4.90 Å². The molecular weight excluding hydrogens is 787 g/mol. The van der Waals surface area contributed by atoms with E-state index in [9.17, 15) is 29.1 Å². The Labute approximate surface area is 365 Å². The molecule has 4 aromatic rings. The summed E-state index contributed by atoms with van der Waals surface area (Å²) in [4.78, 5) is 66.0. The normalized spacial score (nSPS) is 11.9. The van der Waals surface area contributed by atoms with Crippen molar-refractivity contribution < 1.29 is 33.8 Å². The van der Waals surface area contributed by atoms with Crippen molar-refractivity contribution in [3.63, 3.8) is 0 Å². The topological polar surface area (TPSA) is 142 Å². The minimum absolute atomic E-state index is 0.00237. The highest BCUT2D eigenvalue weighted by molar-refractivity contribution is 7.17. The number of aryl methyl sites for hydroxylation is 3. The summed E-state index contributed by atoms with van der Waals surface area (Å²) in [6, 6.07) is 22.9. The number of aliphatic hydroxyl groups excluding tert-OH is 1. The number of nitrogens with one attached hydrogen (secondary N) is 2. The van der Waals surface area contributed by atoms with Crippen LogP contribution in [0.2, 0.25) is 0 Å². The van der Waals surface area contributed by atoms with E-state index in [0.29, 0.717) is 59.6 Å². The molecule has 10 nitrogen and oxygen atoms in total. The Hall–Kier alpha value is -5.39. The van der Waals surface area contributed by atoms with Gasteiger partial charge >= 0.3 is 5.97 Å². The van der Waals surface area contributed by atoms with Crippen molar-refractivity contribution in [1.29, 1.82) is 0 Å². The van der Waals surface area contributed by atoms with Crippen LogP contribution in [0.4, 0.5) is 10.7 Å². The van der Waals surface area contributed by atoms with Gasteiger partial charge in [-0.1, -0.05) is 94.3 Å². The Bertz CT molecular complexity index is 2100. The molecule has 326 valence electrons. The molecular formula is C50H63N3O7S. The number of carbonyl (C=O) groups excluding carboxylic acids is 5. The highest BCUT2D eigenvalue weighted by Crippen LogP contribution is 2.36. The second kappa shape index (κ2) is 24.8. The lowest BCUT2D eigenvalue weighted by Crippen LogP contribution is -2.28. The number of nitrogens with zero attached hydrogens (tertiary/aromatic N) is 1. The molecule has 3 N–H and O–H groups in total. The summed E-state index contributed by atoms with van der Waals surface area (Å²) in [6.45, 7) is 10.8. The summed E-state index contributed by atoms with van der Waals surface area (Å²) in [6.07, 6.45) is 9.01. The van der Waals surface area contributed by atoms with Crippen LogP contribution in [-0.4, -0.2) is 66.8 Å². The van der Waals surface area contributed by atoms with Crippen LogP contribution in [0.1, 0.15) is 125 Å². The summed E-state index contributed by atoms with van der Waals surface area (Å²) in [5.74, 6) is -0.913. The van der Waals surface area contributed by atoms with E-state index in [1.54, 1.807) is 24.9 Å². The molecule has 3 amide bonds. The maximum absolute atomic E-state index is 14.0. The molecule has 1 aromatic heterocycles. The second-order valence-corrected chi connectivity index (χ2v) is 16.8. The highest BCUT2D eigenvalue weighted by atomic mass is 32.1. The van der Waals surface area contributed by atoms with E-state index in [2.05, 4.69) is 44.4 Å². The zero-order chi connectivity index (χ0) is 44.3. The smallest absolute Gasteiger partial charge is 0.306 e. The van der Waals surface area contributed by atoms with Crippen LogP contribution in [-0.2, 0) is 46.4 Å². The number of aldehydes is 1. The number of hydrogen-bond donors (Lipinski definition) is 3. The molecule has 0 radical (unpaired) electrons. The molecule has 61 heavy (non-hydrogen) atoms. The lowest BCUT2D eigenvalue weighted by Gasteiger charge is -2.24. The molecule has 0 saturated carbocycles. The average Bonchev–Trinajstić information content (AvgIpc) is 3.61. The van der Waals surface area contributed by atoms with Crippen molar-refractivity contribution >= 4 is 52.0 Å². The molecule has 0 bridgehead atoms. The maximum atomic E-state index is 14.0. The van der Waals surface area contributed by atoms with E-state index < -0.39 is 0 Å². The van der Waals surface area contributed by atoms with E-state index in [4.69, 9.17) is 4.74 Å². The highest BCUT2D eigenvalue weighted by Gasteiger charge is 2.25. The van der Waals surface area contributed by atoms with Gasteiger partial charge in [-0.3, -0.25) is 24.0 Å². The Morgan fingerprint density at radius 3 is 2.13 bits per heavy atom. The third-order valence-electron chi connectivity index (χ3n) is 10.9. The first-order chi connectivity index (χ1) is 29.4. The minimum Gasteiger partial charge on any atom is -0.466 e. The van der Waals surface area contributed by atoms with E-state index in [-0.39, 0.29) is 61.6 Å². The molecule has 0 fully saturated rings. The van der Waals surface area contributed by atoms with Gasteiger partial charge < -0.3 is 25.4 Å². The molecule has 11 heteroatoms.